The van der Waals surface area contributed by atoms with Gasteiger partial charge in [0.1, 0.15) is 12.4 Å². The maximum Gasteiger partial charge on any atom is 0.316 e. The standard InChI is InChI=1S/C17H21N3O4/c1-22-11-12-23-15-6-2-5-14(13-15)16(21)18-9-4-10-24-17-19-7-3-8-20-17/h2-3,5-8,13H,4,9-12H2,1H3,(H,18,21). The van der Waals surface area contributed by atoms with E-state index in [2.05, 4.69) is 15.3 Å². The van der Waals surface area contributed by atoms with Gasteiger partial charge in [-0.2, -0.15) is 0 Å². The van der Waals surface area contributed by atoms with E-state index in [9.17, 15) is 4.79 Å². The Kier molecular flexibility index (Phi) is 7.49. The van der Waals surface area contributed by atoms with Crippen LogP contribution in [0, 0.1) is 0 Å². The highest BCUT2D eigenvalue weighted by atomic mass is 16.5. The van der Waals surface area contributed by atoms with Gasteiger partial charge in [-0.25, -0.2) is 9.97 Å². The number of ether oxygens (including phenoxy) is 3. The number of carbonyl (C=O) groups is 1. The lowest BCUT2D eigenvalue weighted by Crippen LogP contribution is -2.25. The first-order valence-corrected chi connectivity index (χ1v) is 7.69. The van der Waals surface area contributed by atoms with Crippen LogP contribution in [-0.4, -0.2) is 49.4 Å². The quantitative estimate of drug-likeness (QED) is 0.667. The number of carbonyl (C=O) groups excluding carboxylic acids is 1. The van der Waals surface area contributed by atoms with Crippen molar-refractivity contribution in [3.63, 3.8) is 0 Å². The second-order valence-corrected chi connectivity index (χ2v) is 4.86. The van der Waals surface area contributed by atoms with Crippen molar-refractivity contribution in [2.24, 2.45) is 0 Å². The van der Waals surface area contributed by atoms with E-state index in [4.69, 9.17) is 14.2 Å². The predicted molar refractivity (Wildman–Crippen MR) is 88.3 cm³/mol. The zero-order chi connectivity index (χ0) is 17.0. The van der Waals surface area contributed by atoms with Gasteiger partial charge in [0.05, 0.1) is 13.2 Å². The largest absolute Gasteiger partial charge is 0.491 e. The third-order valence-corrected chi connectivity index (χ3v) is 3.03. The Hall–Kier alpha value is -2.67. The molecule has 0 fully saturated rings. The van der Waals surface area contributed by atoms with Crippen LogP contribution in [0.5, 0.6) is 11.8 Å². The summed E-state index contributed by atoms with van der Waals surface area (Å²) in [5, 5.41) is 2.84. The van der Waals surface area contributed by atoms with E-state index in [0.29, 0.717) is 50.1 Å². The Labute approximate surface area is 141 Å². The number of nitrogens with one attached hydrogen (secondary N) is 1. The summed E-state index contributed by atoms with van der Waals surface area (Å²) in [6.07, 6.45) is 3.89. The van der Waals surface area contributed by atoms with Crippen molar-refractivity contribution in [3.05, 3.63) is 48.3 Å². The van der Waals surface area contributed by atoms with Crippen molar-refractivity contribution in [2.45, 2.75) is 6.42 Å². The minimum Gasteiger partial charge on any atom is -0.491 e. The highest BCUT2D eigenvalue weighted by molar-refractivity contribution is 5.94. The van der Waals surface area contributed by atoms with Crippen LogP contribution in [0.15, 0.2) is 42.7 Å². The smallest absolute Gasteiger partial charge is 0.316 e. The highest BCUT2D eigenvalue weighted by Gasteiger charge is 2.06. The summed E-state index contributed by atoms with van der Waals surface area (Å²) in [6.45, 7) is 1.88. The third kappa shape index (κ3) is 6.21. The molecule has 0 bridgehead atoms. The molecule has 1 heterocycles. The number of hydrogen-bond donors (Lipinski definition) is 1. The summed E-state index contributed by atoms with van der Waals surface area (Å²) in [5.74, 6) is 0.493. The molecule has 0 saturated heterocycles. The van der Waals surface area contributed by atoms with Crippen LogP contribution in [0.2, 0.25) is 0 Å². The number of benzene rings is 1. The topological polar surface area (TPSA) is 82.6 Å². The average molecular weight is 331 g/mol. The van der Waals surface area contributed by atoms with Crippen molar-refractivity contribution < 1.29 is 19.0 Å². The lowest BCUT2D eigenvalue weighted by atomic mass is 10.2. The molecule has 7 heteroatoms. The molecular formula is C17H21N3O4. The summed E-state index contributed by atoms with van der Waals surface area (Å²) in [7, 11) is 1.61. The molecule has 0 radical (unpaired) electrons. The van der Waals surface area contributed by atoms with Crippen molar-refractivity contribution >= 4 is 5.91 Å². The van der Waals surface area contributed by atoms with Crippen LogP contribution >= 0.6 is 0 Å². The zero-order valence-electron chi connectivity index (χ0n) is 13.6. The van der Waals surface area contributed by atoms with Crippen LogP contribution in [0.25, 0.3) is 0 Å². The summed E-state index contributed by atoms with van der Waals surface area (Å²) in [5.41, 5.74) is 0.553. The number of rotatable bonds is 10. The molecule has 128 valence electrons. The molecular weight excluding hydrogens is 310 g/mol. The van der Waals surface area contributed by atoms with Gasteiger partial charge in [-0.05, 0) is 30.7 Å². The molecule has 0 aliphatic carbocycles. The summed E-state index contributed by atoms with van der Waals surface area (Å²) < 4.78 is 15.8. The van der Waals surface area contributed by atoms with Gasteiger partial charge in [0.2, 0.25) is 0 Å². The van der Waals surface area contributed by atoms with Gasteiger partial charge in [0.15, 0.2) is 0 Å². The Morgan fingerprint density at radius 2 is 1.92 bits per heavy atom. The lowest BCUT2D eigenvalue weighted by Gasteiger charge is -2.08. The van der Waals surface area contributed by atoms with E-state index in [1.807, 2.05) is 0 Å². The fourth-order valence-electron chi connectivity index (χ4n) is 1.87. The summed E-state index contributed by atoms with van der Waals surface area (Å²) in [4.78, 5) is 20.0. The van der Waals surface area contributed by atoms with E-state index in [1.165, 1.54) is 0 Å². The Morgan fingerprint density at radius 3 is 2.71 bits per heavy atom. The number of aromatic nitrogens is 2. The van der Waals surface area contributed by atoms with E-state index in [-0.39, 0.29) is 5.91 Å². The number of methoxy groups -OCH3 is 1. The summed E-state index contributed by atoms with van der Waals surface area (Å²) in [6, 6.07) is 9.10. The Balaban J connectivity index is 1.69. The monoisotopic (exact) mass is 331 g/mol. The van der Waals surface area contributed by atoms with Crippen molar-refractivity contribution in [1.29, 1.82) is 0 Å². The fraction of sp³-hybridized carbons (Fsp3) is 0.353. The second kappa shape index (κ2) is 10.2. The first-order valence-electron chi connectivity index (χ1n) is 7.69. The Bertz CT molecular complexity index is 622. The normalized spacial score (nSPS) is 10.2. The molecule has 24 heavy (non-hydrogen) atoms. The number of nitrogens with zero attached hydrogens (tertiary/aromatic N) is 2. The molecule has 0 atom stereocenters. The zero-order valence-corrected chi connectivity index (χ0v) is 13.6. The SMILES string of the molecule is COCCOc1cccc(C(=O)NCCCOc2ncccn2)c1. The van der Waals surface area contributed by atoms with Gasteiger partial charge >= 0.3 is 6.01 Å². The second-order valence-electron chi connectivity index (χ2n) is 4.86. The number of hydrogen-bond acceptors (Lipinski definition) is 6. The van der Waals surface area contributed by atoms with Crippen LogP contribution in [0.4, 0.5) is 0 Å². The average Bonchev–Trinajstić information content (AvgIpc) is 2.63. The predicted octanol–water partition coefficient (Wildman–Crippen LogP) is 1.70. The van der Waals surface area contributed by atoms with Crippen LogP contribution in [0.1, 0.15) is 16.8 Å². The molecule has 0 unspecified atom stereocenters. The minimum absolute atomic E-state index is 0.150. The Morgan fingerprint density at radius 1 is 1.08 bits per heavy atom. The molecule has 0 saturated carbocycles. The van der Waals surface area contributed by atoms with E-state index >= 15 is 0 Å². The van der Waals surface area contributed by atoms with Gasteiger partial charge in [-0.1, -0.05) is 6.07 Å². The first-order chi connectivity index (χ1) is 11.8. The van der Waals surface area contributed by atoms with Gasteiger partial charge in [0, 0.05) is 31.6 Å². The molecule has 1 amide bonds. The fourth-order valence-corrected chi connectivity index (χ4v) is 1.87. The number of amides is 1. The van der Waals surface area contributed by atoms with Gasteiger partial charge in [-0.15, -0.1) is 0 Å². The van der Waals surface area contributed by atoms with Gasteiger partial charge < -0.3 is 19.5 Å². The molecule has 0 spiro atoms. The molecule has 1 aromatic heterocycles. The summed E-state index contributed by atoms with van der Waals surface area (Å²) >= 11 is 0. The third-order valence-electron chi connectivity index (χ3n) is 3.03. The molecule has 2 rings (SSSR count). The first kappa shape index (κ1) is 17.7. The maximum atomic E-state index is 12.1. The lowest BCUT2D eigenvalue weighted by molar-refractivity contribution is 0.0950. The van der Waals surface area contributed by atoms with E-state index in [0.717, 1.165) is 0 Å². The molecule has 7 nitrogen and oxygen atoms in total. The maximum absolute atomic E-state index is 12.1. The van der Waals surface area contributed by atoms with Gasteiger partial charge in [-0.3, -0.25) is 4.79 Å². The van der Waals surface area contributed by atoms with E-state index < -0.39 is 0 Å². The minimum atomic E-state index is -0.150. The molecule has 2 aromatic rings. The van der Waals surface area contributed by atoms with E-state index in [1.54, 1.807) is 49.8 Å². The molecule has 0 aliphatic heterocycles. The molecule has 0 aliphatic rings. The van der Waals surface area contributed by atoms with Gasteiger partial charge in [0.25, 0.3) is 5.91 Å². The van der Waals surface area contributed by atoms with Crippen LogP contribution in [0.3, 0.4) is 0 Å². The molecule has 1 N–H and O–H groups in total. The van der Waals surface area contributed by atoms with Crippen LogP contribution in [-0.2, 0) is 4.74 Å². The van der Waals surface area contributed by atoms with Crippen molar-refractivity contribution in [3.8, 4) is 11.8 Å². The van der Waals surface area contributed by atoms with Crippen molar-refractivity contribution in [2.75, 3.05) is 33.5 Å². The highest BCUT2D eigenvalue weighted by Crippen LogP contribution is 2.13. The van der Waals surface area contributed by atoms with Crippen LogP contribution < -0.4 is 14.8 Å². The van der Waals surface area contributed by atoms with Crippen molar-refractivity contribution in [1.82, 2.24) is 15.3 Å². The molecule has 1 aromatic carbocycles.